The standard InChI is InChI=1S/C11H13NO2S/c13-11(14)6-12-5-8-7-15-10-4-2-1-3-9(8)10/h1-4,8,12H,5-7H2,(H,13,14). The first-order valence-corrected chi connectivity index (χ1v) is 5.90. The Morgan fingerprint density at radius 1 is 1.53 bits per heavy atom. The number of rotatable bonds is 4. The van der Waals surface area contributed by atoms with Crippen LogP contribution in [0.25, 0.3) is 0 Å². The molecule has 1 aromatic carbocycles. The summed E-state index contributed by atoms with van der Waals surface area (Å²) in [6.07, 6.45) is 0. The number of carboxylic acids is 1. The van der Waals surface area contributed by atoms with Crippen molar-refractivity contribution in [3.8, 4) is 0 Å². The molecule has 0 bridgehead atoms. The first-order chi connectivity index (χ1) is 7.27. The Hall–Kier alpha value is -1.00. The number of carboxylic acid groups (broad SMARTS) is 1. The van der Waals surface area contributed by atoms with Gasteiger partial charge in [-0.15, -0.1) is 11.8 Å². The van der Waals surface area contributed by atoms with Crippen molar-refractivity contribution in [3.63, 3.8) is 0 Å². The van der Waals surface area contributed by atoms with Gasteiger partial charge in [0.15, 0.2) is 0 Å². The van der Waals surface area contributed by atoms with Crippen LogP contribution < -0.4 is 5.32 Å². The van der Waals surface area contributed by atoms with Crippen LogP contribution in [0.1, 0.15) is 11.5 Å². The third-order valence-electron chi connectivity index (χ3n) is 2.47. The number of benzene rings is 1. The van der Waals surface area contributed by atoms with Gasteiger partial charge in [0.25, 0.3) is 0 Å². The minimum Gasteiger partial charge on any atom is -0.480 e. The lowest BCUT2D eigenvalue weighted by atomic mass is 10.0. The highest BCUT2D eigenvalue weighted by molar-refractivity contribution is 7.99. The third-order valence-corrected chi connectivity index (χ3v) is 3.72. The molecule has 0 saturated carbocycles. The molecule has 0 aromatic heterocycles. The number of hydrogen-bond donors (Lipinski definition) is 2. The molecule has 1 aliphatic heterocycles. The van der Waals surface area contributed by atoms with Crippen LogP contribution >= 0.6 is 11.8 Å². The molecule has 0 fully saturated rings. The summed E-state index contributed by atoms with van der Waals surface area (Å²) in [5.74, 6) is 0.700. The van der Waals surface area contributed by atoms with Gasteiger partial charge < -0.3 is 10.4 Å². The molecule has 0 amide bonds. The molecule has 0 radical (unpaired) electrons. The zero-order chi connectivity index (χ0) is 10.7. The molecule has 4 heteroatoms. The van der Waals surface area contributed by atoms with E-state index in [0.29, 0.717) is 5.92 Å². The summed E-state index contributed by atoms with van der Waals surface area (Å²) < 4.78 is 0. The average molecular weight is 223 g/mol. The molecule has 1 heterocycles. The van der Waals surface area contributed by atoms with E-state index in [9.17, 15) is 4.79 Å². The third kappa shape index (κ3) is 2.52. The van der Waals surface area contributed by atoms with Gasteiger partial charge in [-0.3, -0.25) is 4.79 Å². The van der Waals surface area contributed by atoms with Crippen molar-refractivity contribution in [1.82, 2.24) is 5.32 Å². The van der Waals surface area contributed by atoms with Crippen molar-refractivity contribution < 1.29 is 9.90 Å². The number of hydrogen-bond acceptors (Lipinski definition) is 3. The van der Waals surface area contributed by atoms with Gasteiger partial charge in [0, 0.05) is 23.1 Å². The van der Waals surface area contributed by atoms with Crippen LogP contribution in [0.5, 0.6) is 0 Å². The van der Waals surface area contributed by atoms with Crippen LogP contribution in [0, 0.1) is 0 Å². The lowest BCUT2D eigenvalue weighted by Gasteiger charge is -2.10. The first kappa shape index (κ1) is 10.5. The highest BCUT2D eigenvalue weighted by atomic mass is 32.2. The Labute approximate surface area is 92.9 Å². The highest BCUT2D eigenvalue weighted by Gasteiger charge is 2.21. The van der Waals surface area contributed by atoms with E-state index in [1.807, 2.05) is 23.9 Å². The number of fused-ring (bicyclic) bond motifs is 1. The van der Waals surface area contributed by atoms with E-state index in [1.54, 1.807) is 0 Å². The second-order valence-corrected chi connectivity index (χ2v) is 4.63. The van der Waals surface area contributed by atoms with Crippen molar-refractivity contribution >= 4 is 17.7 Å². The Morgan fingerprint density at radius 2 is 2.33 bits per heavy atom. The molecule has 1 aliphatic rings. The predicted octanol–water partition coefficient (Wildman–Crippen LogP) is 1.55. The fourth-order valence-corrected chi connectivity index (χ4v) is 3.01. The van der Waals surface area contributed by atoms with E-state index < -0.39 is 5.97 Å². The molecule has 0 saturated heterocycles. The zero-order valence-corrected chi connectivity index (χ0v) is 9.09. The number of thioether (sulfide) groups is 1. The summed E-state index contributed by atoms with van der Waals surface area (Å²) in [6.45, 7) is 0.791. The molecule has 1 unspecified atom stereocenters. The van der Waals surface area contributed by atoms with Crippen molar-refractivity contribution in [2.45, 2.75) is 10.8 Å². The molecule has 80 valence electrons. The Kier molecular flexibility index (Phi) is 3.28. The topological polar surface area (TPSA) is 49.3 Å². The van der Waals surface area contributed by atoms with Gasteiger partial charge in [0.1, 0.15) is 0 Å². The monoisotopic (exact) mass is 223 g/mol. The van der Waals surface area contributed by atoms with E-state index in [1.165, 1.54) is 10.5 Å². The van der Waals surface area contributed by atoms with Crippen LogP contribution in [0.15, 0.2) is 29.2 Å². The van der Waals surface area contributed by atoms with Gasteiger partial charge in [-0.1, -0.05) is 18.2 Å². The molecule has 1 aromatic rings. The van der Waals surface area contributed by atoms with Crippen LogP contribution in [0.4, 0.5) is 0 Å². The van der Waals surface area contributed by atoms with E-state index in [2.05, 4.69) is 17.4 Å². The minimum atomic E-state index is -0.797. The predicted molar refractivity (Wildman–Crippen MR) is 60.4 cm³/mol. The molecular formula is C11H13NO2S. The van der Waals surface area contributed by atoms with Crippen molar-refractivity contribution in [2.75, 3.05) is 18.8 Å². The Morgan fingerprint density at radius 3 is 3.13 bits per heavy atom. The maximum atomic E-state index is 10.4. The summed E-state index contributed by atoms with van der Waals surface area (Å²) in [4.78, 5) is 11.7. The molecular weight excluding hydrogens is 210 g/mol. The summed E-state index contributed by atoms with van der Waals surface area (Å²) in [5.41, 5.74) is 1.35. The summed E-state index contributed by atoms with van der Waals surface area (Å²) in [5, 5.41) is 11.5. The summed E-state index contributed by atoms with van der Waals surface area (Å²) in [6, 6.07) is 8.33. The molecule has 15 heavy (non-hydrogen) atoms. The fraction of sp³-hybridized carbons (Fsp3) is 0.364. The molecule has 1 atom stereocenters. The number of carbonyl (C=O) groups is 1. The number of aliphatic carboxylic acids is 1. The van der Waals surface area contributed by atoms with Crippen molar-refractivity contribution in [1.29, 1.82) is 0 Å². The molecule has 2 N–H and O–H groups in total. The fourth-order valence-electron chi connectivity index (χ4n) is 1.75. The van der Waals surface area contributed by atoms with Gasteiger partial charge >= 0.3 is 5.97 Å². The van der Waals surface area contributed by atoms with Crippen molar-refractivity contribution in [3.05, 3.63) is 29.8 Å². The quantitative estimate of drug-likeness (QED) is 0.813. The summed E-state index contributed by atoms with van der Waals surface area (Å²) in [7, 11) is 0. The van der Waals surface area contributed by atoms with Crippen LogP contribution in [0.3, 0.4) is 0 Å². The van der Waals surface area contributed by atoms with Gasteiger partial charge in [-0.2, -0.15) is 0 Å². The largest absolute Gasteiger partial charge is 0.480 e. The maximum absolute atomic E-state index is 10.4. The van der Waals surface area contributed by atoms with Gasteiger partial charge in [0.2, 0.25) is 0 Å². The maximum Gasteiger partial charge on any atom is 0.317 e. The van der Waals surface area contributed by atoms with Gasteiger partial charge in [0.05, 0.1) is 6.54 Å². The molecule has 0 aliphatic carbocycles. The van der Waals surface area contributed by atoms with Crippen LogP contribution in [-0.4, -0.2) is 29.9 Å². The Balaban J connectivity index is 1.93. The van der Waals surface area contributed by atoms with E-state index in [4.69, 9.17) is 5.11 Å². The summed E-state index contributed by atoms with van der Waals surface area (Å²) >= 11 is 1.85. The number of nitrogens with one attached hydrogen (secondary N) is 1. The van der Waals surface area contributed by atoms with Crippen molar-refractivity contribution in [2.24, 2.45) is 0 Å². The van der Waals surface area contributed by atoms with Crippen LogP contribution in [-0.2, 0) is 4.79 Å². The van der Waals surface area contributed by atoms with Gasteiger partial charge in [-0.25, -0.2) is 0 Å². The minimum absolute atomic E-state index is 0.0450. The Bertz CT molecular complexity index is 367. The van der Waals surface area contributed by atoms with E-state index in [-0.39, 0.29) is 6.54 Å². The normalized spacial score (nSPS) is 18.8. The van der Waals surface area contributed by atoms with E-state index >= 15 is 0 Å². The van der Waals surface area contributed by atoms with Gasteiger partial charge in [-0.05, 0) is 11.6 Å². The first-order valence-electron chi connectivity index (χ1n) is 4.91. The molecule has 3 nitrogen and oxygen atoms in total. The lowest BCUT2D eigenvalue weighted by Crippen LogP contribution is -2.27. The average Bonchev–Trinajstić information content (AvgIpc) is 2.62. The molecule has 0 spiro atoms. The highest BCUT2D eigenvalue weighted by Crippen LogP contribution is 2.38. The second-order valence-electron chi connectivity index (χ2n) is 3.57. The molecule has 2 rings (SSSR count). The van der Waals surface area contributed by atoms with Crippen LogP contribution in [0.2, 0.25) is 0 Å². The SMILES string of the molecule is O=C(O)CNCC1CSc2ccccc21. The van der Waals surface area contributed by atoms with E-state index in [0.717, 1.165) is 12.3 Å². The second kappa shape index (κ2) is 4.68. The smallest absolute Gasteiger partial charge is 0.317 e. The lowest BCUT2D eigenvalue weighted by molar-refractivity contribution is -0.135. The zero-order valence-electron chi connectivity index (χ0n) is 8.27.